The molecular formula is C12H12N2O. The summed E-state index contributed by atoms with van der Waals surface area (Å²) in [7, 11) is 0. The van der Waals surface area contributed by atoms with E-state index in [1.807, 2.05) is 24.3 Å². The zero-order valence-corrected chi connectivity index (χ0v) is 8.27. The molecule has 3 N–H and O–H groups in total. The molecule has 0 aliphatic heterocycles. The maximum atomic E-state index is 9.54. The molecule has 15 heavy (non-hydrogen) atoms. The molecule has 0 spiro atoms. The van der Waals surface area contributed by atoms with E-state index >= 15 is 0 Å². The summed E-state index contributed by atoms with van der Waals surface area (Å²) in [6.45, 7) is 0. The molecule has 0 unspecified atom stereocenters. The lowest BCUT2D eigenvalue weighted by molar-refractivity contribution is 0.454. The number of nitrogens with two attached hydrogens (primary N) is 1. The number of fused-ring (bicyclic) bond motifs is 1. The van der Waals surface area contributed by atoms with E-state index in [1.165, 1.54) is 0 Å². The fourth-order valence-electron chi connectivity index (χ4n) is 1.98. The first-order chi connectivity index (χ1) is 7.19. The minimum absolute atomic E-state index is 0.0559. The summed E-state index contributed by atoms with van der Waals surface area (Å²) in [4.78, 5) is 4.08. The van der Waals surface area contributed by atoms with Crippen molar-refractivity contribution >= 4 is 10.9 Å². The average Bonchev–Trinajstić information content (AvgIpc) is 2.96. The van der Waals surface area contributed by atoms with Crippen LogP contribution in [0.3, 0.4) is 0 Å². The Labute approximate surface area is 87.6 Å². The fourth-order valence-corrected chi connectivity index (χ4v) is 1.98. The Bertz CT molecular complexity index is 532. The number of para-hydroxylation sites is 1. The van der Waals surface area contributed by atoms with Crippen LogP contribution in [0.1, 0.15) is 18.4 Å². The number of rotatable bonds is 1. The molecule has 1 fully saturated rings. The van der Waals surface area contributed by atoms with Gasteiger partial charge in [-0.2, -0.15) is 0 Å². The minimum Gasteiger partial charge on any atom is -0.493 e. The summed E-state index contributed by atoms with van der Waals surface area (Å²) < 4.78 is 0. The van der Waals surface area contributed by atoms with Crippen molar-refractivity contribution in [2.24, 2.45) is 5.73 Å². The van der Waals surface area contributed by atoms with Crippen molar-refractivity contribution in [3.05, 3.63) is 35.9 Å². The van der Waals surface area contributed by atoms with E-state index in [1.54, 1.807) is 6.07 Å². The molecule has 1 aromatic carbocycles. The number of aromatic hydroxyl groups is 1. The van der Waals surface area contributed by atoms with Gasteiger partial charge in [-0.25, -0.2) is 4.98 Å². The highest BCUT2D eigenvalue weighted by molar-refractivity contribution is 5.84. The second-order valence-corrected chi connectivity index (χ2v) is 4.20. The smallest absolute Gasteiger partial charge is 0.211 e. The number of hydrogen-bond acceptors (Lipinski definition) is 3. The fraction of sp³-hybridized carbons (Fsp3) is 0.250. The maximum Gasteiger partial charge on any atom is 0.211 e. The number of aromatic nitrogens is 1. The van der Waals surface area contributed by atoms with Crippen LogP contribution in [-0.2, 0) is 5.54 Å². The normalized spacial score (nSPS) is 17.9. The summed E-state index contributed by atoms with van der Waals surface area (Å²) >= 11 is 0. The van der Waals surface area contributed by atoms with Gasteiger partial charge in [0.2, 0.25) is 5.88 Å². The van der Waals surface area contributed by atoms with E-state index in [0.717, 1.165) is 29.3 Å². The number of nitrogens with zero attached hydrogens (tertiary/aromatic N) is 1. The molecule has 0 saturated heterocycles. The van der Waals surface area contributed by atoms with Crippen LogP contribution in [0.25, 0.3) is 10.9 Å². The van der Waals surface area contributed by atoms with Gasteiger partial charge in [-0.3, -0.25) is 0 Å². The first-order valence-electron chi connectivity index (χ1n) is 5.07. The van der Waals surface area contributed by atoms with Crippen molar-refractivity contribution in [2.45, 2.75) is 18.4 Å². The highest BCUT2D eigenvalue weighted by Gasteiger charge is 2.41. The van der Waals surface area contributed by atoms with Crippen LogP contribution in [0.5, 0.6) is 5.88 Å². The van der Waals surface area contributed by atoms with E-state index in [9.17, 15) is 5.11 Å². The van der Waals surface area contributed by atoms with Crippen LogP contribution in [0.2, 0.25) is 0 Å². The third-order valence-electron chi connectivity index (χ3n) is 3.03. The first kappa shape index (κ1) is 8.68. The largest absolute Gasteiger partial charge is 0.493 e. The Morgan fingerprint density at radius 3 is 2.73 bits per heavy atom. The van der Waals surface area contributed by atoms with Crippen LogP contribution < -0.4 is 5.73 Å². The number of hydrogen-bond donors (Lipinski definition) is 2. The predicted molar refractivity (Wildman–Crippen MR) is 58.5 cm³/mol. The Hall–Kier alpha value is -1.61. The standard InChI is InChI=1S/C12H12N2O/c13-12(5-6-12)9-7-11(15)14-10-4-2-1-3-8(9)10/h1-4,7H,5-6,13H2,(H,14,15). The minimum atomic E-state index is -0.236. The van der Waals surface area contributed by atoms with Gasteiger partial charge in [0.05, 0.1) is 5.52 Å². The van der Waals surface area contributed by atoms with Gasteiger partial charge in [0, 0.05) is 17.0 Å². The van der Waals surface area contributed by atoms with Crippen LogP contribution >= 0.6 is 0 Å². The third kappa shape index (κ3) is 1.27. The van der Waals surface area contributed by atoms with Crippen molar-refractivity contribution in [3.8, 4) is 5.88 Å². The Morgan fingerprint density at radius 2 is 2.00 bits per heavy atom. The highest BCUT2D eigenvalue weighted by Crippen LogP contribution is 2.45. The van der Waals surface area contributed by atoms with E-state index in [0.29, 0.717) is 0 Å². The van der Waals surface area contributed by atoms with Gasteiger partial charge in [-0.1, -0.05) is 18.2 Å². The van der Waals surface area contributed by atoms with Gasteiger partial charge in [0.15, 0.2) is 0 Å². The molecule has 3 nitrogen and oxygen atoms in total. The summed E-state index contributed by atoms with van der Waals surface area (Å²) in [5, 5.41) is 10.6. The highest BCUT2D eigenvalue weighted by atomic mass is 16.3. The molecule has 76 valence electrons. The van der Waals surface area contributed by atoms with Crippen LogP contribution in [-0.4, -0.2) is 10.1 Å². The number of pyridine rings is 1. The van der Waals surface area contributed by atoms with Gasteiger partial charge in [0.25, 0.3) is 0 Å². The van der Waals surface area contributed by atoms with E-state index < -0.39 is 0 Å². The SMILES string of the molecule is NC1(c2cc(O)nc3ccccc23)CC1. The second kappa shape index (κ2) is 2.70. The lowest BCUT2D eigenvalue weighted by atomic mass is 10.0. The number of benzene rings is 1. The summed E-state index contributed by atoms with van der Waals surface area (Å²) in [6.07, 6.45) is 1.97. The van der Waals surface area contributed by atoms with Crippen molar-refractivity contribution < 1.29 is 5.11 Å². The third-order valence-corrected chi connectivity index (χ3v) is 3.03. The molecule has 3 rings (SSSR count). The van der Waals surface area contributed by atoms with E-state index in [-0.39, 0.29) is 11.4 Å². The lowest BCUT2D eigenvalue weighted by Gasteiger charge is -2.12. The van der Waals surface area contributed by atoms with E-state index in [4.69, 9.17) is 5.73 Å². The van der Waals surface area contributed by atoms with Gasteiger partial charge < -0.3 is 10.8 Å². The van der Waals surface area contributed by atoms with E-state index in [2.05, 4.69) is 4.98 Å². The Kier molecular flexibility index (Phi) is 1.56. The van der Waals surface area contributed by atoms with Crippen LogP contribution in [0, 0.1) is 0 Å². The lowest BCUT2D eigenvalue weighted by Crippen LogP contribution is -2.19. The van der Waals surface area contributed by atoms with Crippen LogP contribution in [0.15, 0.2) is 30.3 Å². The molecule has 0 amide bonds. The monoisotopic (exact) mass is 200 g/mol. The van der Waals surface area contributed by atoms with Gasteiger partial charge >= 0.3 is 0 Å². The molecule has 2 aromatic rings. The molecule has 1 heterocycles. The maximum absolute atomic E-state index is 9.54. The molecule has 1 saturated carbocycles. The van der Waals surface area contributed by atoms with Crippen molar-refractivity contribution in [3.63, 3.8) is 0 Å². The van der Waals surface area contributed by atoms with Crippen LogP contribution in [0.4, 0.5) is 0 Å². The molecular weight excluding hydrogens is 188 g/mol. The quantitative estimate of drug-likeness (QED) is 0.739. The molecule has 0 atom stereocenters. The molecule has 0 bridgehead atoms. The van der Waals surface area contributed by atoms with Crippen molar-refractivity contribution in [2.75, 3.05) is 0 Å². The zero-order valence-electron chi connectivity index (χ0n) is 8.27. The molecule has 3 heteroatoms. The Balaban J connectivity index is 2.36. The molecule has 1 aliphatic rings. The molecule has 1 aliphatic carbocycles. The summed E-state index contributed by atoms with van der Waals surface area (Å²) in [6, 6.07) is 9.47. The van der Waals surface area contributed by atoms with Gasteiger partial charge in [0.1, 0.15) is 0 Å². The average molecular weight is 200 g/mol. The zero-order chi connectivity index (χ0) is 10.5. The second-order valence-electron chi connectivity index (χ2n) is 4.20. The summed E-state index contributed by atoms with van der Waals surface area (Å²) in [5.41, 5.74) is 7.76. The predicted octanol–water partition coefficient (Wildman–Crippen LogP) is 1.89. The topological polar surface area (TPSA) is 59.1 Å². The summed E-state index contributed by atoms with van der Waals surface area (Å²) in [5.74, 6) is 0.0559. The van der Waals surface area contributed by atoms with Gasteiger partial charge in [-0.15, -0.1) is 0 Å². The Morgan fingerprint density at radius 1 is 1.27 bits per heavy atom. The van der Waals surface area contributed by atoms with Crippen molar-refractivity contribution in [1.82, 2.24) is 4.98 Å². The van der Waals surface area contributed by atoms with Gasteiger partial charge in [-0.05, 0) is 24.5 Å². The molecule has 0 radical (unpaired) electrons. The molecule has 1 aromatic heterocycles. The van der Waals surface area contributed by atoms with Crippen molar-refractivity contribution in [1.29, 1.82) is 0 Å². The first-order valence-corrected chi connectivity index (χ1v) is 5.07.